The maximum Gasteiger partial charge on any atom is 0.419 e. The van der Waals surface area contributed by atoms with Crippen molar-refractivity contribution in [3.63, 3.8) is 0 Å². The molecule has 1 saturated heterocycles. The smallest absolute Gasteiger partial charge is 0.419 e. The number of likely N-dealkylation sites (tertiary alicyclic amines) is 1. The zero-order valence-corrected chi connectivity index (χ0v) is 21.6. The maximum atomic E-state index is 14.2. The van der Waals surface area contributed by atoms with Crippen molar-refractivity contribution in [2.45, 2.75) is 24.7 Å². The van der Waals surface area contributed by atoms with Gasteiger partial charge in [-0.2, -0.15) is 13.2 Å². The zero-order valence-electron chi connectivity index (χ0n) is 20.1. The van der Waals surface area contributed by atoms with E-state index in [1.54, 1.807) is 42.3 Å². The highest BCUT2D eigenvalue weighted by Crippen LogP contribution is 2.37. The van der Waals surface area contributed by atoms with Crippen LogP contribution in [0.3, 0.4) is 0 Å². The molecule has 11 heteroatoms. The summed E-state index contributed by atoms with van der Waals surface area (Å²) in [7, 11) is 1.79. The van der Waals surface area contributed by atoms with Crippen LogP contribution < -0.4 is 9.47 Å². The lowest BCUT2D eigenvalue weighted by Crippen LogP contribution is -2.38. The fourth-order valence-corrected chi connectivity index (χ4v) is 5.28. The highest BCUT2D eigenvalue weighted by Gasteiger charge is 2.39. The van der Waals surface area contributed by atoms with E-state index in [0.29, 0.717) is 45.8 Å². The van der Waals surface area contributed by atoms with E-state index >= 15 is 0 Å². The first-order chi connectivity index (χ1) is 18.0. The van der Waals surface area contributed by atoms with Gasteiger partial charge in [0, 0.05) is 37.2 Å². The molecule has 200 valence electrons. The number of fused-ring (bicyclic) bond motifs is 1. The lowest BCUT2D eigenvalue weighted by molar-refractivity contribution is -0.140. The highest BCUT2D eigenvalue weighted by atomic mass is 35.5. The molecule has 0 saturated carbocycles. The minimum Gasteiger partial charge on any atom is -0.454 e. The molecule has 1 fully saturated rings. The van der Waals surface area contributed by atoms with Crippen LogP contribution in [0.4, 0.5) is 17.6 Å². The molecule has 0 aliphatic carbocycles. The van der Waals surface area contributed by atoms with Crippen LogP contribution in [0.5, 0.6) is 11.5 Å². The third-order valence-electron chi connectivity index (χ3n) is 6.90. The SMILES string of the molecule is CN(Cc1ccc(C(F)(F)F)c(F)c1)C1CN(C(=O)c2ccc3c(c2)OCO3)CC1c1ccc(Cl)c(Cl)c1. The summed E-state index contributed by atoms with van der Waals surface area (Å²) in [5, 5.41) is 0.766. The van der Waals surface area contributed by atoms with Gasteiger partial charge in [0.15, 0.2) is 11.5 Å². The summed E-state index contributed by atoms with van der Waals surface area (Å²) in [5.74, 6) is -0.653. The molecule has 5 nitrogen and oxygen atoms in total. The lowest BCUT2D eigenvalue weighted by atomic mass is 9.93. The number of carbonyl (C=O) groups is 1. The Labute approximate surface area is 226 Å². The second kappa shape index (κ2) is 10.3. The molecule has 0 N–H and O–H groups in total. The van der Waals surface area contributed by atoms with Crippen LogP contribution in [0.1, 0.15) is 33.0 Å². The zero-order chi connectivity index (χ0) is 27.2. The molecule has 3 aromatic carbocycles. The van der Waals surface area contributed by atoms with Gasteiger partial charge in [0.2, 0.25) is 6.79 Å². The number of nitrogens with zero attached hydrogens (tertiary/aromatic N) is 2. The number of ether oxygens (including phenoxy) is 2. The lowest BCUT2D eigenvalue weighted by Gasteiger charge is -2.29. The minimum absolute atomic E-state index is 0.0908. The second-order valence-electron chi connectivity index (χ2n) is 9.35. The van der Waals surface area contributed by atoms with Gasteiger partial charge < -0.3 is 14.4 Å². The van der Waals surface area contributed by atoms with Crippen LogP contribution in [0.2, 0.25) is 10.0 Å². The summed E-state index contributed by atoms with van der Waals surface area (Å²) in [4.78, 5) is 17.1. The summed E-state index contributed by atoms with van der Waals surface area (Å²) < 4.78 is 63.9. The van der Waals surface area contributed by atoms with Gasteiger partial charge in [0.05, 0.1) is 15.6 Å². The van der Waals surface area contributed by atoms with Crippen molar-refractivity contribution in [1.82, 2.24) is 9.80 Å². The Morgan fingerprint density at radius 3 is 2.47 bits per heavy atom. The third-order valence-corrected chi connectivity index (χ3v) is 7.64. The standard InChI is InChI=1S/C27H22Cl2F4N2O3/c1-34(11-15-2-5-19(22(30)8-15)27(31,32)33)23-13-35(12-18(23)16-3-6-20(28)21(29)9-16)26(36)17-4-7-24-25(10-17)38-14-37-24/h2-10,18,23H,11-14H2,1H3. The average molecular weight is 569 g/mol. The van der Waals surface area contributed by atoms with Gasteiger partial charge in [0.25, 0.3) is 5.91 Å². The molecular weight excluding hydrogens is 547 g/mol. The van der Waals surface area contributed by atoms with Crippen LogP contribution in [0, 0.1) is 5.82 Å². The molecule has 2 aliphatic rings. The Balaban J connectivity index is 1.41. The summed E-state index contributed by atoms with van der Waals surface area (Å²) in [6.07, 6.45) is -4.77. The first-order valence-electron chi connectivity index (χ1n) is 11.7. The van der Waals surface area contributed by atoms with E-state index in [0.717, 1.165) is 17.7 Å². The van der Waals surface area contributed by atoms with Crippen LogP contribution in [0.25, 0.3) is 0 Å². The molecule has 0 aromatic heterocycles. The van der Waals surface area contributed by atoms with Gasteiger partial charge in [-0.25, -0.2) is 4.39 Å². The maximum absolute atomic E-state index is 14.2. The predicted molar refractivity (Wildman–Crippen MR) is 134 cm³/mol. The molecule has 3 aromatic rings. The fourth-order valence-electron chi connectivity index (χ4n) is 4.97. The number of rotatable bonds is 5. The Morgan fingerprint density at radius 1 is 1.00 bits per heavy atom. The topological polar surface area (TPSA) is 42.0 Å². The number of hydrogen-bond acceptors (Lipinski definition) is 4. The molecule has 5 rings (SSSR count). The summed E-state index contributed by atoms with van der Waals surface area (Å²) in [5.41, 5.74) is 0.372. The number of carbonyl (C=O) groups excluding carboxylic acids is 1. The van der Waals surface area contributed by atoms with Crippen molar-refractivity contribution in [3.8, 4) is 11.5 Å². The normalized spacial score (nSPS) is 18.9. The highest BCUT2D eigenvalue weighted by molar-refractivity contribution is 6.42. The average Bonchev–Trinajstić information content (AvgIpc) is 3.51. The van der Waals surface area contributed by atoms with Gasteiger partial charge in [-0.15, -0.1) is 0 Å². The molecular formula is C27H22Cl2F4N2O3. The van der Waals surface area contributed by atoms with E-state index in [1.165, 1.54) is 6.07 Å². The monoisotopic (exact) mass is 568 g/mol. The van der Waals surface area contributed by atoms with E-state index < -0.39 is 17.6 Å². The number of hydrogen-bond donors (Lipinski definition) is 0. The number of likely N-dealkylation sites (N-methyl/N-ethyl adjacent to an activating group) is 1. The molecule has 38 heavy (non-hydrogen) atoms. The molecule has 0 radical (unpaired) electrons. The van der Waals surface area contributed by atoms with Crippen LogP contribution in [0.15, 0.2) is 54.6 Å². The number of alkyl halides is 3. The van der Waals surface area contributed by atoms with Gasteiger partial charge in [-0.05, 0) is 60.6 Å². The molecule has 1 amide bonds. The fraction of sp³-hybridized carbons (Fsp3) is 0.296. The Morgan fingerprint density at radius 2 is 1.76 bits per heavy atom. The minimum atomic E-state index is -4.77. The molecule has 2 heterocycles. The first-order valence-corrected chi connectivity index (χ1v) is 12.5. The van der Waals surface area contributed by atoms with E-state index in [9.17, 15) is 22.4 Å². The van der Waals surface area contributed by atoms with Gasteiger partial charge in [-0.3, -0.25) is 9.69 Å². The summed E-state index contributed by atoms with van der Waals surface area (Å²) in [6, 6.07) is 12.9. The summed E-state index contributed by atoms with van der Waals surface area (Å²) in [6.45, 7) is 0.955. The Bertz CT molecular complexity index is 1380. The van der Waals surface area contributed by atoms with Crippen molar-refractivity contribution in [1.29, 1.82) is 0 Å². The van der Waals surface area contributed by atoms with Crippen LogP contribution in [-0.4, -0.2) is 48.7 Å². The van der Waals surface area contributed by atoms with Crippen molar-refractivity contribution < 1.29 is 31.8 Å². The predicted octanol–water partition coefficient (Wildman–Crippen LogP) is 6.62. The second-order valence-corrected chi connectivity index (χ2v) is 10.2. The largest absolute Gasteiger partial charge is 0.454 e. The van der Waals surface area contributed by atoms with Gasteiger partial charge in [-0.1, -0.05) is 35.3 Å². The van der Waals surface area contributed by atoms with Crippen LogP contribution in [-0.2, 0) is 12.7 Å². The van der Waals surface area contributed by atoms with Gasteiger partial charge in [0.1, 0.15) is 5.82 Å². The Kier molecular flexibility index (Phi) is 7.19. The van der Waals surface area contributed by atoms with E-state index in [-0.39, 0.29) is 31.2 Å². The van der Waals surface area contributed by atoms with Crippen molar-refractivity contribution in [2.75, 3.05) is 26.9 Å². The molecule has 0 spiro atoms. The Hall–Kier alpha value is -3.01. The molecule has 2 atom stereocenters. The van der Waals surface area contributed by atoms with Crippen molar-refractivity contribution in [2.24, 2.45) is 0 Å². The number of benzene rings is 3. The van der Waals surface area contributed by atoms with E-state index in [2.05, 4.69) is 0 Å². The van der Waals surface area contributed by atoms with Crippen molar-refractivity contribution in [3.05, 3.63) is 92.7 Å². The van der Waals surface area contributed by atoms with Crippen molar-refractivity contribution >= 4 is 29.1 Å². The molecule has 2 aliphatic heterocycles. The quantitative estimate of drug-likeness (QED) is 0.324. The first kappa shape index (κ1) is 26.6. The number of halogens is 6. The van der Waals surface area contributed by atoms with E-state index in [4.69, 9.17) is 32.7 Å². The molecule has 2 unspecified atom stereocenters. The summed E-state index contributed by atoms with van der Waals surface area (Å²) >= 11 is 12.4. The number of amides is 1. The molecule has 0 bridgehead atoms. The van der Waals surface area contributed by atoms with Gasteiger partial charge >= 0.3 is 6.18 Å². The van der Waals surface area contributed by atoms with E-state index in [1.807, 2.05) is 11.0 Å². The third kappa shape index (κ3) is 5.28. The van der Waals surface area contributed by atoms with Crippen LogP contribution >= 0.6 is 23.2 Å².